The second-order valence-electron chi connectivity index (χ2n) is 5.59. The molecule has 118 valence electrons. The lowest BCUT2D eigenvalue weighted by atomic mass is 10.3. The number of rotatable bonds is 4. The highest BCUT2D eigenvalue weighted by Crippen LogP contribution is 2.20. The highest BCUT2D eigenvalue weighted by molar-refractivity contribution is 5.37. The van der Waals surface area contributed by atoms with Crippen LogP contribution in [0.4, 0.5) is 5.82 Å². The zero-order chi connectivity index (χ0) is 16.2. The highest BCUT2D eigenvalue weighted by Gasteiger charge is 2.25. The smallest absolute Gasteiger partial charge is 0.213 e. The number of nitrogens with two attached hydrogens (primary N) is 1. The molecule has 7 nitrogen and oxygen atoms in total. The van der Waals surface area contributed by atoms with E-state index in [-0.39, 0.29) is 6.10 Å². The summed E-state index contributed by atoms with van der Waals surface area (Å²) in [4.78, 5) is 14.8. The third kappa shape index (κ3) is 3.73. The normalized spacial score (nSPS) is 17.8. The lowest BCUT2D eigenvalue weighted by Crippen LogP contribution is -2.25. The lowest BCUT2D eigenvalue weighted by Gasteiger charge is -2.17. The van der Waals surface area contributed by atoms with Crippen LogP contribution in [0.3, 0.4) is 0 Å². The molecular weight excluding hydrogens is 292 g/mol. The summed E-state index contributed by atoms with van der Waals surface area (Å²) < 4.78 is 5.87. The molecule has 0 radical (unpaired) electrons. The Morgan fingerprint density at radius 1 is 1.39 bits per heavy atom. The number of hydrogen-bond acceptors (Lipinski definition) is 7. The Kier molecular flexibility index (Phi) is 4.35. The van der Waals surface area contributed by atoms with Crippen molar-refractivity contribution >= 4 is 5.82 Å². The Morgan fingerprint density at radius 3 is 2.96 bits per heavy atom. The van der Waals surface area contributed by atoms with E-state index in [1.807, 2.05) is 13.0 Å². The number of nitriles is 1. The first-order chi connectivity index (χ1) is 11.1. The molecule has 23 heavy (non-hydrogen) atoms. The van der Waals surface area contributed by atoms with Crippen LogP contribution in [0.1, 0.15) is 23.4 Å². The summed E-state index contributed by atoms with van der Waals surface area (Å²) in [6.45, 7) is 4.26. The molecule has 2 N–H and O–H groups in total. The van der Waals surface area contributed by atoms with E-state index in [4.69, 9.17) is 15.7 Å². The van der Waals surface area contributed by atoms with Gasteiger partial charge in [-0.3, -0.25) is 4.90 Å². The first-order valence-corrected chi connectivity index (χ1v) is 7.47. The van der Waals surface area contributed by atoms with Gasteiger partial charge >= 0.3 is 0 Å². The van der Waals surface area contributed by atoms with Crippen LogP contribution >= 0.6 is 0 Å². The molecule has 0 aromatic carbocycles. The maximum absolute atomic E-state index is 8.77. The van der Waals surface area contributed by atoms with Crippen molar-refractivity contribution in [3.05, 3.63) is 41.5 Å². The molecule has 1 aliphatic rings. The number of anilines is 1. The molecule has 1 aliphatic heterocycles. The Bertz CT molecular complexity index is 724. The van der Waals surface area contributed by atoms with Crippen molar-refractivity contribution in [2.24, 2.45) is 0 Å². The van der Waals surface area contributed by atoms with E-state index in [1.54, 1.807) is 18.3 Å². The number of aromatic nitrogens is 3. The van der Waals surface area contributed by atoms with E-state index < -0.39 is 0 Å². The fourth-order valence-electron chi connectivity index (χ4n) is 2.60. The monoisotopic (exact) mass is 310 g/mol. The number of pyridine rings is 1. The first-order valence-electron chi connectivity index (χ1n) is 7.47. The van der Waals surface area contributed by atoms with Gasteiger partial charge in [0, 0.05) is 43.7 Å². The average Bonchev–Trinajstić information content (AvgIpc) is 2.98. The van der Waals surface area contributed by atoms with Gasteiger partial charge in [-0.15, -0.1) is 0 Å². The van der Waals surface area contributed by atoms with E-state index in [2.05, 4.69) is 19.9 Å². The van der Waals surface area contributed by atoms with Crippen LogP contribution in [0.25, 0.3) is 0 Å². The van der Waals surface area contributed by atoms with E-state index in [1.165, 1.54) is 6.20 Å². The van der Waals surface area contributed by atoms with Gasteiger partial charge in [0.05, 0.1) is 5.56 Å². The second-order valence-corrected chi connectivity index (χ2v) is 5.59. The summed E-state index contributed by atoms with van der Waals surface area (Å²) in [5.74, 6) is 1.77. The van der Waals surface area contributed by atoms with Gasteiger partial charge in [0.25, 0.3) is 0 Å². The molecule has 0 amide bonds. The summed E-state index contributed by atoms with van der Waals surface area (Å²) in [7, 11) is 0. The van der Waals surface area contributed by atoms with Crippen LogP contribution in [0.2, 0.25) is 0 Å². The Labute approximate surface area is 134 Å². The van der Waals surface area contributed by atoms with Crippen LogP contribution in [-0.4, -0.2) is 39.0 Å². The number of aryl methyl sites for hydroxylation is 1. The summed E-state index contributed by atoms with van der Waals surface area (Å²) in [6.07, 6.45) is 4.32. The van der Waals surface area contributed by atoms with Gasteiger partial charge in [0.1, 0.15) is 23.8 Å². The number of nitrogen functional groups attached to an aromatic ring is 1. The van der Waals surface area contributed by atoms with E-state index in [0.29, 0.717) is 29.6 Å². The largest absolute Gasteiger partial charge is 0.473 e. The van der Waals surface area contributed by atoms with Crippen molar-refractivity contribution in [2.75, 3.05) is 18.8 Å². The maximum atomic E-state index is 8.77. The second kappa shape index (κ2) is 6.58. The predicted molar refractivity (Wildman–Crippen MR) is 84.4 cm³/mol. The molecule has 1 unspecified atom stereocenters. The van der Waals surface area contributed by atoms with Gasteiger partial charge in [0.2, 0.25) is 5.88 Å². The Hall–Kier alpha value is -2.72. The van der Waals surface area contributed by atoms with Crippen LogP contribution in [0, 0.1) is 18.3 Å². The van der Waals surface area contributed by atoms with Crippen molar-refractivity contribution in [1.82, 2.24) is 19.9 Å². The van der Waals surface area contributed by atoms with Gasteiger partial charge in [-0.1, -0.05) is 0 Å². The van der Waals surface area contributed by atoms with Gasteiger partial charge in [-0.2, -0.15) is 5.26 Å². The number of hydrogen-bond donors (Lipinski definition) is 1. The third-order valence-corrected chi connectivity index (χ3v) is 3.79. The number of ether oxygens (including phenoxy) is 1. The predicted octanol–water partition coefficient (Wildman–Crippen LogP) is 1.29. The van der Waals surface area contributed by atoms with Gasteiger partial charge in [-0.25, -0.2) is 15.0 Å². The van der Waals surface area contributed by atoms with Crippen molar-refractivity contribution in [3.8, 4) is 11.9 Å². The molecule has 1 atom stereocenters. The fraction of sp³-hybridized carbons (Fsp3) is 0.375. The quantitative estimate of drug-likeness (QED) is 0.907. The highest BCUT2D eigenvalue weighted by atomic mass is 16.5. The van der Waals surface area contributed by atoms with Crippen LogP contribution in [-0.2, 0) is 6.54 Å². The standard InChI is InChI=1S/C16H18N6O/c1-11-19-8-13(16(18)21-11)9-22-5-4-14(10-22)23-15-3-2-12(6-17)7-20-15/h2-3,7-8,14H,4-5,9-10H2,1H3,(H2,18,19,21). The summed E-state index contributed by atoms with van der Waals surface area (Å²) in [6, 6.07) is 5.48. The van der Waals surface area contributed by atoms with Crippen molar-refractivity contribution in [2.45, 2.75) is 26.0 Å². The molecule has 0 spiro atoms. The molecule has 2 aromatic rings. The van der Waals surface area contributed by atoms with Gasteiger partial charge in [-0.05, 0) is 19.4 Å². The molecule has 0 saturated carbocycles. The number of likely N-dealkylation sites (tertiary alicyclic amines) is 1. The topological polar surface area (TPSA) is 101 Å². The van der Waals surface area contributed by atoms with E-state index in [0.717, 1.165) is 25.1 Å². The van der Waals surface area contributed by atoms with Crippen LogP contribution in [0.15, 0.2) is 24.5 Å². The fourth-order valence-corrected chi connectivity index (χ4v) is 2.60. The molecule has 3 heterocycles. The minimum Gasteiger partial charge on any atom is -0.473 e. The molecule has 0 bridgehead atoms. The van der Waals surface area contributed by atoms with Crippen LogP contribution < -0.4 is 10.5 Å². The molecule has 0 aliphatic carbocycles. The SMILES string of the molecule is Cc1ncc(CN2CCC(Oc3ccc(C#N)cn3)C2)c(N)n1. The Morgan fingerprint density at radius 2 is 2.26 bits per heavy atom. The van der Waals surface area contributed by atoms with Crippen LogP contribution in [0.5, 0.6) is 5.88 Å². The Balaban J connectivity index is 1.56. The van der Waals surface area contributed by atoms with E-state index >= 15 is 0 Å². The average molecular weight is 310 g/mol. The van der Waals surface area contributed by atoms with Crippen molar-refractivity contribution in [3.63, 3.8) is 0 Å². The third-order valence-electron chi connectivity index (χ3n) is 3.79. The minimum absolute atomic E-state index is 0.0861. The van der Waals surface area contributed by atoms with Gasteiger partial charge in [0.15, 0.2) is 0 Å². The lowest BCUT2D eigenvalue weighted by molar-refractivity contribution is 0.191. The molecular formula is C16H18N6O. The minimum atomic E-state index is 0.0861. The maximum Gasteiger partial charge on any atom is 0.213 e. The zero-order valence-electron chi connectivity index (χ0n) is 12.9. The summed E-state index contributed by atoms with van der Waals surface area (Å²) in [5.41, 5.74) is 7.41. The van der Waals surface area contributed by atoms with E-state index in [9.17, 15) is 0 Å². The van der Waals surface area contributed by atoms with Gasteiger partial charge < -0.3 is 10.5 Å². The molecule has 1 saturated heterocycles. The first kappa shape index (κ1) is 15.2. The summed E-state index contributed by atoms with van der Waals surface area (Å²) >= 11 is 0. The van der Waals surface area contributed by atoms with Crippen molar-refractivity contribution < 1.29 is 4.74 Å². The van der Waals surface area contributed by atoms with Crippen molar-refractivity contribution in [1.29, 1.82) is 5.26 Å². The summed E-state index contributed by atoms with van der Waals surface area (Å²) in [5, 5.41) is 8.77. The molecule has 2 aromatic heterocycles. The molecule has 3 rings (SSSR count). The molecule has 7 heteroatoms. The molecule has 1 fully saturated rings. The number of nitrogens with zero attached hydrogens (tertiary/aromatic N) is 5. The zero-order valence-corrected chi connectivity index (χ0v) is 12.9.